The molecule has 0 rings (SSSR count). The van der Waals surface area contributed by atoms with E-state index in [4.69, 9.17) is 14.2 Å². The van der Waals surface area contributed by atoms with Crippen molar-refractivity contribution in [2.75, 3.05) is 13.2 Å². The monoisotopic (exact) mass is 1110 g/mol. The van der Waals surface area contributed by atoms with Crippen LogP contribution in [0.25, 0.3) is 0 Å². The van der Waals surface area contributed by atoms with Crippen molar-refractivity contribution in [2.45, 2.75) is 399 Å². The van der Waals surface area contributed by atoms with Gasteiger partial charge in [-0.1, -0.05) is 353 Å². The van der Waals surface area contributed by atoms with Crippen LogP contribution in [0.5, 0.6) is 0 Å². The molecular formula is C73H136O6. The number of allylic oxidation sites excluding steroid dienone is 6. The molecule has 0 amide bonds. The fraction of sp³-hybridized carbons (Fsp3) is 0.877. The van der Waals surface area contributed by atoms with E-state index in [1.165, 1.54) is 276 Å². The third-order valence-electron chi connectivity index (χ3n) is 16.1. The summed E-state index contributed by atoms with van der Waals surface area (Å²) in [5.74, 6) is -0.857. The Bertz CT molecular complexity index is 1320. The highest BCUT2D eigenvalue weighted by atomic mass is 16.6. The molecule has 0 aromatic rings. The number of hydrogen-bond acceptors (Lipinski definition) is 6. The Morgan fingerprint density at radius 3 is 0.709 bits per heavy atom. The molecule has 0 saturated heterocycles. The number of esters is 3. The lowest BCUT2D eigenvalue weighted by Gasteiger charge is -2.18. The van der Waals surface area contributed by atoms with Gasteiger partial charge in [-0.05, 0) is 57.8 Å². The Balaban J connectivity index is 4.20. The molecule has 0 heterocycles. The summed E-state index contributed by atoms with van der Waals surface area (Å²) < 4.78 is 17.0. The van der Waals surface area contributed by atoms with Gasteiger partial charge in [-0.25, -0.2) is 0 Å². The molecule has 0 aromatic heterocycles. The van der Waals surface area contributed by atoms with E-state index in [0.717, 1.165) is 77.0 Å². The van der Waals surface area contributed by atoms with E-state index in [1.807, 2.05) is 0 Å². The molecular weight excluding hydrogens is 973 g/mol. The first-order valence-corrected chi connectivity index (χ1v) is 35.5. The number of carbonyl (C=O) groups excluding carboxylic acids is 3. The van der Waals surface area contributed by atoms with Gasteiger partial charge in [-0.15, -0.1) is 0 Å². The summed E-state index contributed by atoms with van der Waals surface area (Å²) in [5.41, 5.74) is 0. The van der Waals surface area contributed by atoms with Crippen LogP contribution in [-0.4, -0.2) is 37.2 Å². The summed E-state index contributed by atoms with van der Waals surface area (Å²) in [7, 11) is 0. The lowest BCUT2D eigenvalue weighted by atomic mass is 10.0. The Kier molecular flexibility index (Phi) is 66.1. The van der Waals surface area contributed by atoms with Crippen molar-refractivity contribution < 1.29 is 28.6 Å². The zero-order valence-corrected chi connectivity index (χ0v) is 53.4. The second kappa shape index (κ2) is 68.1. The number of unbranched alkanes of at least 4 members (excludes halogenated alkanes) is 49. The standard InChI is InChI=1S/C73H136O6/c1-4-7-10-13-16-19-22-25-27-29-31-33-34-35-36-37-38-39-41-42-44-46-48-51-54-57-60-63-66-72(75)78-69-70(68-77-71(74)65-62-59-56-53-50-24-21-18-15-12-9-6-3)79-73(76)67-64-61-58-55-52-49-47-45-43-40-32-30-28-26-23-20-17-14-11-8-5-2/h23,26,30,32,43,45,70H,4-22,24-25,27-29,31,33-42,44,46-69H2,1-3H3/b26-23-,32-30-,45-43-. The van der Waals surface area contributed by atoms with Crippen molar-refractivity contribution in [1.82, 2.24) is 0 Å². The van der Waals surface area contributed by atoms with Gasteiger partial charge in [0.15, 0.2) is 6.10 Å². The number of hydrogen-bond donors (Lipinski definition) is 0. The van der Waals surface area contributed by atoms with Gasteiger partial charge in [-0.2, -0.15) is 0 Å². The molecule has 0 bridgehead atoms. The fourth-order valence-corrected chi connectivity index (χ4v) is 10.8. The lowest BCUT2D eigenvalue weighted by Crippen LogP contribution is -2.30. The predicted molar refractivity (Wildman–Crippen MR) is 344 cm³/mol. The SMILES string of the molecule is CCCCCCC/C=C\C/C=C\C/C=C\CCCCCCCCC(=O)OC(COC(=O)CCCCCCCCCCCCCC)COC(=O)CCCCCCCCCCCCCCCCCCCCCCCCCCCCCC. The third-order valence-corrected chi connectivity index (χ3v) is 16.1. The summed E-state index contributed by atoms with van der Waals surface area (Å²) in [6.45, 7) is 6.69. The molecule has 0 aliphatic rings. The van der Waals surface area contributed by atoms with Gasteiger partial charge in [-0.3, -0.25) is 14.4 Å². The second-order valence-electron chi connectivity index (χ2n) is 24.2. The molecule has 0 spiro atoms. The van der Waals surface area contributed by atoms with Crippen LogP contribution < -0.4 is 0 Å². The molecule has 1 atom stereocenters. The minimum absolute atomic E-state index is 0.0720. The average molecular weight is 1110 g/mol. The van der Waals surface area contributed by atoms with Crippen molar-refractivity contribution in [3.8, 4) is 0 Å². The van der Waals surface area contributed by atoms with Crippen molar-refractivity contribution >= 4 is 17.9 Å². The van der Waals surface area contributed by atoms with Crippen LogP contribution in [0.1, 0.15) is 393 Å². The number of rotatable bonds is 66. The molecule has 6 nitrogen and oxygen atoms in total. The highest BCUT2D eigenvalue weighted by molar-refractivity contribution is 5.71. The molecule has 79 heavy (non-hydrogen) atoms. The zero-order valence-electron chi connectivity index (χ0n) is 53.4. The van der Waals surface area contributed by atoms with E-state index >= 15 is 0 Å². The Morgan fingerprint density at radius 1 is 0.253 bits per heavy atom. The fourth-order valence-electron chi connectivity index (χ4n) is 10.8. The molecule has 1 unspecified atom stereocenters. The van der Waals surface area contributed by atoms with E-state index in [1.54, 1.807) is 0 Å². The molecule has 0 N–H and O–H groups in total. The van der Waals surface area contributed by atoms with Crippen LogP contribution in [-0.2, 0) is 28.6 Å². The van der Waals surface area contributed by atoms with Crippen molar-refractivity contribution in [3.63, 3.8) is 0 Å². The summed E-state index contributed by atoms with van der Waals surface area (Å²) in [4.78, 5) is 38.4. The molecule has 0 aromatic carbocycles. The summed E-state index contributed by atoms with van der Waals surface area (Å²) >= 11 is 0. The molecule has 6 heteroatoms. The Labute approximate surface area is 493 Å². The summed E-state index contributed by atoms with van der Waals surface area (Å²) in [6.07, 6.45) is 84.7. The highest BCUT2D eigenvalue weighted by Gasteiger charge is 2.19. The van der Waals surface area contributed by atoms with Gasteiger partial charge in [0.05, 0.1) is 0 Å². The van der Waals surface area contributed by atoms with Gasteiger partial charge in [0.2, 0.25) is 0 Å². The molecule has 0 fully saturated rings. The maximum Gasteiger partial charge on any atom is 0.306 e. The zero-order chi connectivity index (χ0) is 57.1. The van der Waals surface area contributed by atoms with Crippen LogP contribution in [0.4, 0.5) is 0 Å². The molecule has 464 valence electrons. The summed E-state index contributed by atoms with van der Waals surface area (Å²) in [6, 6.07) is 0. The lowest BCUT2D eigenvalue weighted by molar-refractivity contribution is -0.167. The minimum atomic E-state index is -0.777. The van der Waals surface area contributed by atoms with Crippen LogP contribution in [0.15, 0.2) is 36.5 Å². The van der Waals surface area contributed by atoms with Crippen LogP contribution in [0.2, 0.25) is 0 Å². The summed E-state index contributed by atoms with van der Waals surface area (Å²) in [5, 5.41) is 0. The van der Waals surface area contributed by atoms with Crippen LogP contribution >= 0.6 is 0 Å². The van der Waals surface area contributed by atoms with Crippen LogP contribution in [0.3, 0.4) is 0 Å². The minimum Gasteiger partial charge on any atom is -0.462 e. The number of carbonyl (C=O) groups is 3. The molecule has 0 saturated carbocycles. The van der Waals surface area contributed by atoms with Crippen molar-refractivity contribution in [3.05, 3.63) is 36.5 Å². The largest absolute Gasteiger partial charge is 0.462 e. The molecule has 0 radical (unpaired) electrons. The topological polar surface area (TPSA) is 78.9 Å². The van der Waals surface area contributed by atoms with E-state index in [0.29, 0.717) is 19.3 Å². The molecule has 0 aliphatic carbocycles. The van der Waals surface area contributed by atoms with E-state index in [-0.39, 0.29) is 31.1 Å². The number of ether oxygens (including phenoxy) is 3. The maximum atomic E-state index is 12.9. The normalized spacial score (nSPS) is 12.2. The Morgan fingerprint density at radius 2 is 0.456 bits per heavy atom. The van der Waals surface area contributed by atoms with E-state index in [9.17, 15) is 14.4 Å². The quantitative estimate of drug-likeness (QED) is 0.0261. The average Bonchev–Trinajstić information content (AvgIpc) is 3.45. The first-order valence-electron chi connectivity index (χ1n) is 35.5. The predicted octanol–water partition coefficient (Wildman–Crippen LogP) is 24.3. The van der Waals surface area contributed by atoms with Crippen LogP contribution in [0, 0.1) is 0 Å². The van der Waals surface area contributed by atoms with Crippen molar-refractivity contribution in [1.29, 1.82) is 0 Å². The third kappa shape index (κ3) is 66.3. The first-order chi connectivity index (χ1) is 39.0. The van der Waals surface area contributed by atoms with Crippen molar-refractivity contribution in [2.24, 2.45) is 0 Å². The van der Waals surface area contributed by atoms with Gasteiger partial charge in [0.1, 0.15) is 13.2 Å². The smallest absolute Gasteiger partial charge is 0.306 e. The molecule has 0 aliphatic heterocycles. The van der Waals surface area contributed by atoms with E-state index in [2.05, 4.69) is 57.2 Å². The Hall–Kier alpha value is -2.37. The first kappa shape index (κ1) is 76.6. The van der Waals surface area contributed by atoms with Gasteiger partial charge >= 0.3 is 17.9 Å². The van der Waals surface area contributed by atoms with Gasteiger partial charge in [0, 0.05) is 19.3 Å². The second-order valence-corrected chi connectivity index (χ2v) is 24.2. The maximum absolute atomic E-state index is 12.9. The van der Waals surface area contributed by atoms with Gasteiger partial charge in [0.25, 0.3) is 0 Å². The highest BCUT2D eigenvalue weighted by Crippen LogP contribution is 2.19. The van der Waals surface area contributed by atoms with E-state index < -0.39 is 6.10 Å². The van der Waals surface area contributed by atoms with Gasteiger partial charge < -0.3 is 14.2 Å².